The lowest BCUT2D eigenvalue weighted by Crippen LogP contribution is -2.51. The van der Waals surface area contributed by atoms with Crippen molar-refractivity contribution in [2.75, 3.05) is 0 Å². The summed E-state index contributed by atoms with van der Waals surface area (Å²) in [5.41, 5.74) is 2.36. The summed E-state index contributed by atoms with van der Waals surface area (Å²) in [4.78, 5) is 11.8. The Bertz CT molecular complexity index is 467. The molecule has 20 heavy (non-hydrogen) atoms. The predicted octanol–water partition coefficient (Wildman–Crippen LogP) is 3.52. The van der Waals surface area contributed by atoms with Crippen LogP contribution >= 0.6 is 0 Å². The van der Waals surface area contributed by atoms with Gasteiger partial charge in [0.25, 0.3) is 0 Å². The van der Waals surface area contributed by atoms with Gasteiger partial charge in [-0.3, -0.25) is 4.79 Å². The molecule has 0 amide bonds. The number of carbonyl (C=O) groups is 1. The molecule has 0 unspecified atom stereocenters. The van der Waals surface area contributed by atoms with Crippen molar-refractivity contribution in [1.29, 1.82) is 0 Å². The minimum absolute atomic E-state index is 0.000370. The summed E-state index contributed by atoms with van der Waals surface area (Å²) < 4.78 is 0. The van der Waals surface area contributed by atoms with E-state index >= 15 is 0 Å². The standard InChI is InChI=1S/C17H26O3/c1-16-8-3-9-17(2,15(19)20)14(16)7-5-11-4-6-12(18)10-13(11)16/h12,14,18H,3-10H2,1-2H3,(H,19,20)/t12-,14-,16-,17+/m1/s1. The smallest absolute Gasteiger partial charge is 0.309 e. The first-order valence-electron chi connectivity index (χ1n) is 8.01. The summed E-state index contributed by atoms with van der Waals surface area (Å²) in [7, 11) is 0. The van der Waals surface area contributed by atoms with E-state index in [0.717, 1.165) is 51.4 Å². The Labute approximate surface area is 121 Å². The number of aliphatic hydroxyl groups is 1. The Hall–Kier alpha value is -0.830. The second kappa shape index (κ2) is 4.59. The van der Waals surface area contributed by atoms with Crippen LogP contribution in [0.2, 0.25) is 0 Å². The van der Waals surface area contributed by atoms with E-state index in [1.807, 2.05) is 6.92 Å². The molecule has 0 spiro atoms. The van der Waals surface area contributed by atoms with Gasteiger partial charge in [0.15, 0.2) is 0 Å². The third-order valence-corrected chi connectivity index (χ3v) is 6.49. The number of hydrogen-bond acceptors (Lipinski definition) is 2. The minimum atomic E-state index is -0.631. The molecule has 3 nitrogen and oxygen atoms in total. The van der Waals surface area contributed by atoms with Crippen molar-refractivity contribution in [3.63, 3.8) is 0 Å². The van der Waals surface area contributed by atoms with Crippen molar-refractivity contribution >= 4 is 5.97 Å². The van der Waals surface area contributed by atoms with Gasteiger partial charge >= 0.3 is 5.97 Å². The van der Waals surface area contributed by atoms with E-state index < -0.39 is 11.4 Å². The Morgan fingerprint density at radius 2 is 1.90 bits per heavy atom. The first kappa shape index (κ1) is 14.1. The molecule has 0 aromatic carbocycles. The highest BCUT2D eigenvalue weighted by atomic mass is 16.4. The summed E-state index contributed by atoms with van der Waals surface area (Å²) in [5.74, 6) is -0.404. The van der Waals surface area contributed by atoms with Crippen LogP contribution in [0, 0.1) is 16.7 Å². The molecule has 0 radical (unpaired) electrons. The third-order valence-electron chi connectivity index (χ3n) is 6.49. The van der Waals surface area contributed by atoms with Crippen LogP contribution in [0.25, 0.3) is 0 Å². The minimum Gasteiger partial charge on any atom is -0.481 e. The lowest BCUT2D eigenvalue weighted by Gasteiger charge is -2.55. The van der Waals surface area contributed by atoms with Gasteiger partial charge in [-0.05, 0) is 63.2 Å². The van der Waals surface area contributed by atoms with E-state index in [-0.39, 0.29) is 17.4 Å². The molecule has 0 heterocycles. The number of rotatable bonds is 1. The van der Waals surface area contributed by atoms with E-state index in [2.05, 4.69) is 6.92 Å². The van der Waals surface area contributed by atoms with E-state index in [0.29, 0.717) is 0 Å². The molecule has 2 N–H and O–H groups in total. The molecule has 3 aliphatic carbocycles. The highest BCUT2D eigenvalue weighted by Gasteiger charge is 2.56. The lowest BCUT2D eigenvalue weighted by molar-refractivity contribution is -0.159. The first-order chi connectivity index (χ1) is 9.38. The van der Waals surface area contributed by atoms with Gasteiger partial charge in [-0.2, -0.15) is 0 Å². The number of fused-ring (bicyclic) bond motifs is 2. The van der Waals surface area contributed by atoms with E-state index in [1.54, 1.807) is 0 Å². The second-order valence-corrected chi connectivity index (χ2v) is 7.56. The molecule has 0 saturated heterocycles. The molecular formula is C17H26O3. The molecule has 0 aromatic rings. The van der Waals surface area contributed by atoms with Crippen LogP contribution in [-0.2, 0) is 4.79 Å². The number of allylic oxidation sites excluding steroid dienone is 1. The molecule has 0 bridgehead atoms. The molecule has 0 aliphatic heterocycles. The average Bonchev–Trinajstić information content (AvgIpc) is 2.39. The van der Waals surface area contributed by atoms with Crippen LogP contribution in [0.1, 0.15) is 65.2 Å². The van der Waals surface area contributed by atoms with E-state index in [1.165, 1.54) is 11.1 Å². The summed E-state index contributed by atoms with van der Waals surface area (Å²) in [6.45, 7) is 4.22. The SMILES string of the molecule is C[C@]1(C(=O)O)CCC[C@]2(C)C3=C(CC[C@@H](O)C3)CC[C@@H]12. The van der Waals surface area contributed by atoms with Crippen LogP contribution < -0.4 is 0 Å². The first-order valence-corrected chi connectivity index (χ1v) is 8.01. The third kappa shape index (κ3) is 1.86. The monoisotopic (exact) mass is 278 g/mol. The summed E-state index contributed by atoms with van der Waals surface area (Å²) in [6.07, 6.45) is 7.39. The number of hydrogen-bond donors (Lipinski definition) is 2. The van der Waals surface area contributed by atoms with Crippen molar-refractivity contribution in [2.45, 2.75) is 71.3 Å². The molecule has 3 heteroatoms. The molecule has 3 rings (SSSR count). The highest BCUT2D eigenvalue weighted by molar-refractivity contribution is 5.75. The van der Waals surface area contributed by atoms with Crippen LogP contribution in [-0.4, -0.2) is 22.3 Å². The van der Waals surface area contributed by atoms with Crippen LogP contribution in [0.5, 0.6) is 0 Å². The van der Waals surface area contributed by atoms with Gasteiger partial charge in [-0.15, -0.1) is 0 Å². The Morgan fingerprint density at radius 3 is 2.60 bits per heavy atom. The topological polar surface area (TPSA) is 57.5 Å². The Balaban J connectivity index is 2.03. The van der Waals surface area contributed by atoms with Gasteiger partial charge in [0.1, 0.15) is 0 Å². The van der Waals surface area contributed by atoms with Gasteiger partial charge in [0.05, 0.1) is 11.5 Å². The molecule has 3 aliphatic rings. The Kier molecular flexibility index (Phi) is 3.24. The van der Waals surface area contributed by atoms with Crippen molar-refractivity contribution in [3.05, 3.63) is 11.1 Å². The van der Waals surface area contributed by atoms with Gasteiger partial charge in [-0.25, -0.2) is 0 Å². The van der Waals surface area contributed by atoms with E-state index in [9.17, 15) is 15.0 Å². The highest BCUT2D eigenvalue weighted by Crippen LogP contribution is 2.61. The zero-order valence-electron chi connectivity index (χ0n) is 12.6. The zero-order valence-corrected chi connectivity index (χ0v) is 12.6. The molecule has 1 saturated carbocycles. The van der Waals surface area contributed by atoms with Gasteiger partial charge in [0.2, 0.25) is 0 Å². The van der Waals surface area contributed by atoms with Gasteiger partial charge in [0, 0.05) is 0 Å². The summed E-state index contributed by atoms with van der Waals surface area (Å²) in [5, 5.41) is 19.8. The van der Waals surface area contributed by atoms with Crippen molar-refractivity contribution < 1.29 is 15.0 Å². The number of carboxylic acid groups (broad SMARTS) is 1. The summed E-state index contributed by atoms with van der Waals surface area (Å²) in [6, 6.07) is 0. The van der Waals surface area contributed by atoms with Crippen LogP contribution in [0.15, 0.2) is 11.1 Å². The zero-order chi connectivity index (χ0) is 14.5. The predicted molar refractivity (Wildman–Crippen MR) is 77.3 cm³/mol. The molecule has 1 fully saturated rings. The fourth-order valence-electron chi connectivity index (χ4n) is 5.33. The van der Waals surface area contributed by atoms with Crippen molar-refractivity contribution in [2.24, 2.45) is 16.7 Å². The molecular weight excluding hydrogens is 252 g/mol. The molecule has 4 atom stereocenters. The molecule has 0 aromatic heterocycles. The average molecular weight is 278 g/mol. The van der Waals surface area contributed by atoms with Crippen LogP contribution in [0.3, 0.4) is 0 Å². The number of aliphatic carboxylic acids is 1. The second-order valence-electron chi connectivity index (χ2n) is 7.56. The molecule has 112 valence electrons. The fraction of sp³-hybridized carbons (Fsp3) is 0.824. The quantitative estimate of drug-likeness (QED) is 0.722. The van der Waals surface area contributed by atoms with Crippen molar-refractivity contribution in [1.82, 2.24) is 0 Å². The van der Waals surface area contributed by atoms with Gasteiger partial charge in [-0.1, -0.05) is 24.5 Å². The number of aliphatic hydroxyl groups excluding tert-OH is 1. The number of carboxylic acids is 1. The maximum absolute atomic E-state index is 11.8. The van der Waals surface area contributed by atoms with Crippen molar-refractivity contribution in [3.8, 4) is 0 Å². The summed E-state index contributed by atoms with van der Waals surface area (Å²) >= 11 is 0. The lowest BCUT2D eigenvalue weighted by atomic mass is 9.48. The largest absolute Gasteiger partial charge is 0.481 e. The Morgan fingerprint density at radius 1 is 1.20 bits per heavy atom. The normalized spacial score (nSPS) is 44.8. The fourth-order valence-corrected chi connectivity index (χ4v) is 5.33. The van der Waals surface area contributed by atoms with Crippen LogP contribution in [0.4, 0.5) is 0 Å². The maximum Gasteiger partial charge on any atom is 0.309 e. The van der Waals surface area contributed by atoms with Gasteiger partial charge < -0.3 is 10.2 Å². The maximum atomic E-state index is 11.8. The van der Waals surface area contributed by atoms with E-state index in [4.69, 9.17) is 0 Å².